The number of hydrogen-bond donors (Lipinski definition) is 2. The first-order valence-electron chi connectivity index (χ1n) is 4.55. The van der Waals surface area contributed by atoms with Crippen molar-refractivity contribution in [2.75, 3.05) is 0 Å². The molecule has 0 saturated heterocycles. The molecule has 0 saturated carbocycles. The summed E-state index contributed by atoms with van der Waals surface area (Å²) in [5.74, 6) is 0. The van der Waals surface area contributed by atoms with Crippen LogP contribution in [0.4, 0.5) is 5.69 Å². The number of nitro groups is 1. The Labute approximate surface area is 117 Å². The van der Waals surface area contributed by atoms with Crippen LogP contribution in [0.15, 0.2) is 23.4 Å². The summed E-state index contributed by atoms with van der Waals surface area (Å²) in [6.07, 6.45) is 0. The Balaban J connectivity index is 3.53. The van der Waals surface area contributed by atoms with Crippen LogP contribution in [-0.4, -0.2) is 14.7 Å². The summed E-state index contributed by atoms with van der Waals surface area (Å²) in [5, 5.41) is 12.6. The molecule has 0 amide bonds. The van der Waals surface area contributed by atoms with E-state index in [0.717, 1.165) is 12.1 Å². The van der Waals surface area contributed by atoms with Gasteiger partial charge in [0.05, 0.1) is 10.5 Å². The Kier molecular flexibility index (Phi) is 5.29. The molecule has 0 bridgehead atoms. The number of nitroso groups, excluding NO2 is 1. The van der Waals surface area contributed by atoms with Gasteiger partial charge in [-0.15, -0.1) is 9.80 Å². The predicted octanol–water partition coefficient (Wildman–Crippen LogP) is 2.53. The quantitative estimate of drug-likeness (QED) is 0.345. The van der Waals surface area contributed by atoms with E-state index in [4.69, 9.17) is 21.4 Å². The Bertz CT molecular complexity index is 610. The zero-order valence-electron chi connectivity index (χ0n) is 9.24. The number of halogens is 1. The first-order chi connectivity index (χ1) is 9.24. The van der Waals surface area contributed by atoms with E-state index in [1.54, 1.807) is 0 Å². The van der Waals surface area contributed by atoms with Gasteiger partial charge in [-0.05, 0) is 21.2 Å². The zero-order chi connectivity index (χ0) is 15.5. The van der Waals surface area contributed by atoms with Crippen molar-refractivity contribution in [3.63, 3.8) is 0 Å². The van der Waals surface area contributed by atoms with Gasteiger partial charge in [-0.3, -0.25) is 10.1 Å². The highest BCUT2D eigenvalue weighted by Crippen LogP contribution is 2.52. The molecule has 0 aliphatic carbocycles. The Morgan fingerprint density at radius 2 is 2.00 bits per heavy atom. The third kappa shape index (κ3) is 3.18. The highest BCUT2D eigenvalue weighted by atomic mass is 35.5. The number of benzene rings is 1. The molecule has 1 aromatic carbocycles. The summed E-state index contributed by atoms with van der Waals surface area (Å²) in [6, 6.07) is 2.56. The van der Waals surface area contributed by atoms with Crippen molar-refractivity contribution in [3.05, 3.63) is 43.8 Å². The molecule has 0 radical (unpaired) electrons. The van der Waals surface area contributed by atoms with Gasteiger partial charge in [-0.2, -0.15) is 4.89 Å². The molecule has 20 heavy (non-hydrogen) atoms. The summed E-state index contributed by atoms with van der Waals surface area (Å²) in [4.78, 5) is 38.4. The predicted molar refractivity (Wildman–Crippen MR) is 66.3 cm³/mol. The van der Waals surface area contributed by atoms with Crippen molar-refractivity contribution in [3.8, 4) is 0 Å². The number of nitrogens with zero attached hydrogens (tertiary/aromatic N) is 2. The molecule has 0 spiro atoms. The van der Waals surface area contributed by atoms with Gasteiger partial charge in [0, 0.05) is 15.8 Å². The van der Waals surface area contributed by atoms with Gasteiger partial charge in [0.2, 0.25) is 0 Å². The molecule has 10 nitrogen and oxygen atoms in total. The summed E-state index contributed by atoms with van der Waals surface area (Å²) >= 11 is 5.54. The average Bonchev–Trinajstić information content (AvgIpc) is 2.35. The lowest BCUT2D eigenvalue weighted by Gasteiger charge is -2.07. The summed E-state index contributed by atoms with van der Waals surface area (Å²) in [6.45, 7) is 0. The lowest BCUT2D eigenvalue weighted by atomic mass is 10.2. The largest absolute Gasteiger partial charge is 0.702 e. The van der Waals surface area contributed by atoms with Gasteiger partial charge in [-0.25, -0.2) is 0 Å². The van der Waals surface area contributed by atoms with E-state index in [1.165, 1.54) is 0 Å². The van der Waals surface area contributed by atoms with Crippen LogP contribution in [0.1, 0.15) is 5.56 Å². The minimum atomic E-state index is -3.56. The molecular weight excluding hydrogens is 337 g/mol. The first kappa shape index (κ1) is 16.6. The van der Waals surface area contributed by atoms with Crippen molar-refractivity contribution in [2.45, 2.75) is 5.47 Å². The van der Waals surface area contributed by atoms with Gasteiger partial charge in [-0.1, -0.05) is 11.6 Å². The molecule has 3 atom stereocenters. The average molecular weight is 343 g/mol. The summed E-state index contributed by atoms with van der Waals surface area (Å²) in [7, 11) is -7.03. The molecule has 0 aliphatic rings. The van der Waals surface area contributed by atoms with Crippen molar-refractivity contribution < 1.29 is 28.4 Å². The maximum atomic E-state index is 11.2. The fourth-order valence-electron chi connectivity index (χ4n) is 1.27. The Hall–Kier alpha value is -1.41. The van der Waals surface area contributed by atoms with Crippen LogP contribution in [0.2, 0.25) is 5.02 Å². The summed E-state index contributed by atoms with van der Waals surface area (Å²) in [5.41, 5.74) is -4.18. The smallest absolute Gasteiger partial charge is 0.258 e. The second kappa shape index (κ2) is 6.36. The summed E-state index contributed by atoms with van der Waals surface area (Å²) < 4.78 is 26.1. The second-order valence-electron chi connectivity index (χ2n) is 3.22. The maximum absolute atomic E-state index is 11.2. The zero-order valence-corrected chi connectivity index (χ0v) is 11.8. The minimum absolute atomic E-state index is 0.305. The van der Waals surface area contributed by atoms with E-state index in [2.05, 4.69) is 9.70 Å². The number of rotatable bonds is 6. The van der Waals surface area contributed by atoms with Gasteiger partial charge in [0.1, 0.15) is 5.02 Å². The fraction of sp³-hybridized carbons (Fsp3) is 0.143. The lowest BCUT2D eigenvalue weighted by molar-refractivity contribution is -0.384. The molecule has 1 rings (SSSR count). The van der Waals surface area contributed by atoms with E-state index < -0.39 is 37.9 Å². The molecule has 0 fully saturated rings. The minimum Gasteiger partial charge on any atom is -0.258 e. The first-order valence-corrected chi connectivity index (χ1v) is 7.27. The second-order valence-corrected chi connectivity index (χ2v) is 5.44. The van der Waals surface area contributed by atoms with E-state index in [9.17, 15) is 24.2 Å². The van der Waals surface area contributed by atoms with Crippen LogP contribution in [0.25, 0.3) is 0 Å². The normalized spacial score (nSPS) is 15.2. The van der Waals surface area contributed by atoms with Crippen LogP contribution in [0.3, 0.4) is 0 Å². The van der Waals surface area contributed by atoms with Crippen molar-refractivity contribution in [1.82, 2.24) is 0 Å². The highest BCUT2D eigenvalue weighted by molar-refractivity contribution is 7.40. The van der Waals surface area contributed by atoms with Gasteiger partial charge in [0.15, 0.2) is 0 Å². The molecule has 1 aromatic rings. The SMILES string of the molecule is O=NC(O[P+](=O)O)(c1ccc(Cl)c([N+](=O)[O-])c1)[P+](=O)O. The Morgan fingerprint density at radius 1 is 1.40 bits per heavy atom. The molecule has 0 aliphatic heterocycles. The van der Waals surface area contributed by atoms with Crippen LogP contribution >= 0.6 is 27.9 Å². The van der Waals surface area contributed by atoms with Crippen LogP contribution in [0, 0.1) is 15.0 Å². The monoisotopic (exact) mass is 342 g/mol. The molecular formula is C7H5ClN2O8P2+2. The highest BCUT2D eigenvalue weighted by Gasteiger charge is 2.63. The maximum Gasteiger partial charge on any atom is 0.702 e. The topological polar surface area (TPSA) is 156 Å². The molecule has 106 valence electrons. The molecule has 13 heteroatoms. The standard InChI is InChI=1S/C7H3ClN2O8P2/c8-5-2-1-4(3-6(5)10(12)13)7(9-11,19(14)15)18-20(16)17/h1-3H/p+2. The van der Waals surface area contributed by atoms with E-state index in [0.29, 0.717) is 6.07 Å². The van der Waals surface area contributed by atoms with Crippen LogP contribution in [0.5, 0.6) is 0 Å². The van der Waals surface area contributed by atoms with E-state index in [-0.39, 0.29) is 5.02 Å². The molecule has 0 heterocycles. The van der Waals surface area contributed by atoms with Crippen LogP contribution < -0.4 is 0 Å². The molecule has 3 unspecified atom stereocenters. The molecule has 0 aromatic heterocycles. The van der Waals surface area contributed by atoms with Crippen molar-refractivity contribution >= 4 is 33.6 Å². The number of nitro benzene ring substituents is 1. The van der Waals surface area contributed by atoms with E-state index in [1.807, 2.05) is 0 Å². The van der Waals surface area contributed by atoms with Crippen molar-refractivity contribution in [1.29, 1.82) is 0 Å². The molecule has 2 N–H and O–H groups in total. The third-order valence-electron chi connectivity index (χ3n) is 2.11. The lowest BCUT2D eigenvalue weighted by Crippen LogP contribution is -2.20. The third-order valence-corrected chi connectivity index (χ3v) is 3.94. The number of hydrogen-bond acceptors (Lipinski definition) is 7. The van der Waals surface area contributed by atoms with Crippen LogP contribution in [-0.2, 0) is 19.1 Å². The van der Waals surface area contributed by atoms with Gasteiger partial charge >= 0.3 is 21.7 Å². The fourth-order valence-corrected chi connectivity index (χ4v) is 2.73. The van der Waals surface area contributed by atoms with Gasteiger partial charge in [0.25, 0.3) is 5.69 Å². The van der Waals surface area contributed by atoms with E-state index >= 15 is 0 Å². The Morgan fingerprint density at radius 3 is 2.40 bits per heavy atom. The van der Waals surface area contributed by atoms with Crippen molar-refractivity contribution in [2.24, 2.45) is 5.18 Å². The van der Waals surface area contributed by atoms with Gasteiger partial charge < -0.3 is 0 Å².